The Morgan fingerprint density at radius 2 is 1.75 bits per heavy atom. The summed E-state index contributed by atoms with van der Waals surface area (Å²) in [6.07, 6.45) is 7.09. The summed E-state index contributed by atoms with van der Waals surface area (Å²) in [7, 11) is 0. The van der Waals surface area contributed by atoms with E-state index in [1.165, 1.54) is 0 Å². The van der Waals surface area contributed by atoms with Gasteiger partial charge in [-0.3, -0.25) is 9.59 Å². The van der Waals surface area contributed by atoms with Crippen molar-refractivity contribution >= 4 is 23.3 Å². The van der Waals surface area contributed by atoms with Crippen LogP contribution < -0.4 is 10.2 Å². The third kappa shape index (κ3) is 3.23. The van der Waals surface area contributed by atoms with Crippen LogP contribution in [0.3, 0.4) is 0 Å². The van der Waals surface area contributed by atoms with E-state index in [4.69, 9.17) is 0 Å². The molecular weight excluding hydrogens is 304 g/mol. The lowest BCUT2D eigenvalue weighted by Gasteiger charge is -2.36. The van der Waals surface area contributed by atoms with Gasteiger partial charge in [-0.05, 0) is 37.8 Å². The number of rotatable bonds is 4. The summed E-state index contributed by atoms with van der Waals surface area (Å²) in [5, 5.41) is 2.89. The third-order valence-corrected chi connectivity index (χ3v) is 5.36. The molecule has 1 aromatic heterocycles. The van der Waals surface area contributed by atoms with Gasteiger partial charge in [0.25, 0.3) is 0 Å². The van der Waals surface area contributed by atoms with Crippen LogP contribution in [0.1, 0.15) is 32.1 Å². The Balaban J connectivity index is 1.30. The lowest BCUT2D eigenvalue weighted by Crippen LogP contribution is -2.49. The first-order valence-corrected chi connectivity index (χ1v) is 9.01. The highest BCUT2D eigenvalue weighted by Crippen LogP contribution is 2.31. The molecule has 2 heterocycles. The molecule has 3 aliphatic rings. The van der Waals surface area contributed by atoms with E-state index < -0.39 is 0 Å². The summed E-state index contributed by atoms with van der Waals surface area (Å²) in [4.78, 5) is 32.7. The number of carbonyl (C=O) groups excluding carboxylic acids is 2. The number of piperazine rings is 1. The van der Waals surface area contributed by atoms with Gasteiger partial charge in [-0.15, -0.1) is 0 Å². The van der Waals surface area contributed by atoms with E-state index in [9.17, 15) is 9.59 Å². The SMILES string of the molecule is O=C(Nc1ccc(N2CCN(C(=O)C3CC3)CC2)cn1)C1CCC1. The number of pyridine rings is 1. The van der Waals surface area contributed by atoms with Gasteiger partial charge in [-0.25, -0.2) is 4.98 Å². The van der Waals surface area contributed by atoms with E-state index in [1.54, 1.807) is 0 Å². The Morgan fingerprint density at radius 3 is 2.29 bits per heavy atom. The first kappa shape index (κ1) is 15.4. The van der Waals surface area contributed by atoms with Crippen LogP contribution in [0.25, 0.3) is 0 Å². The van der Waals surface area contributed by atoms with Crippen LogP contribution in [0.5, 0.6) is 0 Å². The van der Waals surface area contributed by atoms with Crippen molar-refractivity contribution in [1.82, 2.24) is 9.88 Å². The molecule has 128 valence electrons. The molecule has 0 unspecified atom stereocenters. The van der Waals surface area contributed by atoms with Crippen LogP contribution in [0, 0.1) is 11.8 Å². The van der Waals surface area contributed by atoms with Crippen molar-refractivity contribution < 1.29 is 9.59 Å². The monoisotopic (exact) mass is 328 g/mol. The average molecular weight is 328 g/mol. The van der Waals surface area contributed by atoms with Gasteiger partial charge >= 0.3 is 0 Å². The molecule has 1 aliphatic heterocycles. The van der Waals surface area contributed by atoms with Crippen molar-refractivity contribution in [2.24, 2.45) is 11.8 Å². The van der Waals surface area contributed by atoms with Gasteiger partial charge in [0.15, 0.2) is 0 Å². The first-order valence-electron chi connectivity index (χ1n) is 9.01. The Hall–Kier alpha value is -2.11. The van der Waals surface area contributed by atoms with Gasteiger partial charge in [-0.1, -0.05) is 6.42 Å². The summed E-state index contributed by atoms with van der Waals surface area (Å²) in [6, 6.07) is 3.87. The Labute approximate surface area is 142 Å². The Kier molecular flexibility index (Phi) is 4.12. The molecule has 6 heteroatoms. The maximum atomic E-state index is 12.1. The molecule has 0 bridgehead atoms. The summed E-state index contributed by atoms with van der Waals surface area (Å²) in [5.74, 6) is 1.52. The molecule has 1 N–H and O–H groups in total. The molecule has 0 aromatic carbocycles. The van der Waals surface area contributed by atoms with Crippen molar-refractivity contribution in [1.29, 1.82) is 0 Å². The predicted molar refractivity (Wildman–Crippen MR) is 91.7 cm³/mol. The lowest BCUT2D eigenvalue weighted by atomic mass is 9.85. The molecule has 1 aromatic rings. The van der Waals surface area contributed by atoms with Crippen molar-refractivity contribution in [3.8, 4) is 0 Å². The number of amides is 2. The Morgan fingerprint density at radius 1 is 1.00 bits per heavy atom. The number of hydrogen-bond donors (Lipinski definition) is 1. The summed E-state index contributed by atoms with van der Waals surface area (Å²) in [5.41, 5.74) is 1.05. The van der Waals surface area contributed by atoms with Crippen molar-refractivity contribution in [3.05, 3.63) is 18.3 Å². The fraction of sp³-hybridized carbons (Fsp3) is 0.611. The zero-order chi connectivity index (χ0) is 16.5. The number of anilines is 2. The van der Waals surface area contributed by atoms with E-state index in [0.717, 1.165) is 64.0 Å². The number of nitrogens with zero attached hydrogens (tertiary/aromatic N) is 3. The van der Waals surface area contributed by atoms with E-state index in [0.29, 0.717) is 17.6 Å². The molecule has 4 rings (SSSR count). The van der Waals surface area contributed by atoms with Crippen LogP contribution in [0.15, 0.2) is 18.3 Å². The van der Waals surface area contributed by atoms with E-state index in [1.807, 2.05) is 23.2 Å². The smallest absolute Gasteiger partial charge is 0.228 e. The fourth-order valence-corrected chi connectivity index (χ4v) is 3.32. The van der Waals surface area contributed by atoms with E-state index in [2.05, 4.69) is 15.2 Å². The zero-order valence-corrected chi connectivity index (χ0v) is 13.9. The van der Waals surface area contributed by atoms with Crippen molar-refractivity contribution in [2.45, 2.75) is 32.1 Å². The van der Waals surface area contributed by atoms with Crippen molar-refractivity contribution in [2.75, 3.05) is 36.4 Å². The minimum atomic E-state index is 0.0914. The molecule has 1 saturated heterocycles. The molecule has 2 saturated carbocycles. The minimum Gasteiger partial charge on any atom is -0.367 e. The van der Waals surface area contributed by atoms with Gasteiger partial charge in [0.05, 0.1) is 11.9 Å². The van der Waals surface area contributed by atoms with Gasteiger partial charge in [0.2, 0.25) is 11.8 Å². The number of hydrogen-bond acceptors (Lipinski definition) is 4. The van der Waals surface area contributed by atoms with Crippen LogP contribution in [-0.2, 0) is 9.59 Å². The molecule has 3 fully saturated rings. The molecule has 0 atom stereocenters. The highest BCUT2D eigenvalue weighted by atomic mass is 16.2. The van der Waals surface area contributed by atoms with Crippen LogP contribution in [0.4, 0.5) is 11.5 Å². The van der Waals surface area contributed by atoms with Gasteiger partial charge < -0.3 is 15.1 Å². The largest absolute Gasteiger partial charge is 0.367 e. The first-order chi connectivity index (χ1) is 11.7. The average Bonchev–Trinajstić information content (AvgIpc) is 3.38. The molecule has 0 spiro atoms. The summed E-state index contributed by atoms with van der Waals surface area (Å²) < 4.78 is 0. The molecule has 24 heavy (non-hydrogen) atoms. The van der Waals surface area contributed by atoms with Gasteiger partial charge in [-0.2, -0.15) is 0 Å². The topological polar surface area (TPSA) is 65.5 Å². The zero-order valence-electron chi connectivity index (χ0n) is 13.9. The van der Waals surface area contributed by atoms with Crippen molar-refractivity contribution in [3.63, 3.8) is 0 Å². The van der Waals surface area contributed by atoms with Crippen LogP contribution >= 0.6 is 0 Å². The predicted octanol–water partition coefficient (Wildman–Crippen LogP) is 1.88. The second-order valence-corrected chi connectivity index (χ2v) is 7.11. The standard InChI is InChI=1S/C18H24N4O2/c23-17(13-2-1-3-13)20-16-7-6-15(12-19-16)21-8-10-22(11-9-21)18(24)14-4-5-14/h6-7,12-14H,1-5,8-11H2,(H,19,20,23). The summed E-state index contributed by atoms with van der Waals surface area (Å²) in [6.45, 7) is 3.26. The molecule has 2 aliphatic carbocycles. The second-order valence-electron chi connectivity index (χ2n) is 7.11. The van der Waals surface area contributed by atoms with Crippen LogP contribution in [0.2, 0.25) is 0 Å². The van der Waals surface area contributed by atoms with Gasteiger partial charge in [0.1, 0.15) is 5.82 Å². The third-order valence-electron chi connectivity index (χ3n) is 5.36. The molecule has 6 nitrogen and oxygen atoms in total. The number of carbonyl (C=O) groups is 2. The van der Waals surface area contributed by atoms with Gasteiger partial charge in [0, 0.05) is 38.0 Å². The maximum Gasteiger partial charge on any atom is 0.228 e. The lowest BCUT2D eigenvalue weighted by molar-refractivity contribution is -0.132. The number of aromatic nitrogens is 1. The number of nitrogens with one attached hydrogen (secondary N) is 1. The quantitative estimate of drug-likeness (QED) is 0.916. The highest BCUT2D eigenvalue weighted by molar-refractivity contribution is 5.92. The Bertz CT molecular complexity index is 614. The summed E-state index contributed by atoms with van der Waals surface area (Å²) >= 11 is 0. The molecular formula is C18H24N4O2. The highest BCUT2D eigenvalue weighted by Gasteiger charge is 2.34. The molecule has 0 radical (unpaired) electrons. The minimum absolute atomic E-state index is 0.0914. The van der Waals surface area contributed by atoms with E-state index >= 15 is 0 Å². The normalized spacial score (nSPS) is 21.3. The second kappa shape index (κ2) is 6.42. The maximum absolute atomic E-state index is 12.1. The van der Waals surface area contributed by atoms with E-state index in [-0.39, 0.29) is 11.8 Å². The molecule has 2 amide bonds. The van der Waals surface area contributed by atoms with Crippen LogP contribution in [-0.4, -0.2) is 47.9 Å². The fourth-order valence-electron chi connectivity index (χ4n) is 3.32.